The van der Waals surface area contributed by atoms with Gasteiger partial charge in [0.05, 0.1) is 0 Å². The minimum absolute atomic E-state index is 0. The molecule has 0 saturated heterocycles. The molecule has 1 aliphatic heterocycles. The van der Waals surface area contributed by atoms with Crippen LogP contribution in [0.1, 0.15) is 18.9 Å². The van der Waals surface area contributed by atoms with Gasteiger partial charge in [0.25, 0.3) is 0 Å². The predicted octanol–water partition coefficient (Wildman–Crippen LogP) is -5.77. The molecule has 105 valence electrons. The summed E-state index contributed by atoms with van der Waals surface area (Å²) in [5.74, 6) is 0.768. The average molecular weight is 406 g/mol. The number of hydrogen-bond donors (Lipinski definition) is 0. The Morgan fingerprint density at radius 3 is 2.55 bits per heavy atom. The second-order valence-corrected chi connectivity index (χ2v) is 4.90. The Bertz CT molecular complexity index is 474. The second-order valence-electron chi connectivity index (χ2n) is 4.90. The van der Waals surface area contributed by atoms with Gasteiger partial charge in [-0.15, -0.1) is 0 Å². The molecule has 2 aliphatic rings. The Morgan fingerprint density at radius 1 is 1.15 bits per heavy atom. The van der Waals surface area contributed by atoms with Crippen molar-refractivity contribution in [3.63, 3.8) is 0 Å². The Kier molecular flexibility index (Phi) is 11.7. The van der Waals surface area contributed by atoms with Crippen LogP contribution in [0.5, 0.6) is 0 Å². The molecule has 1 aromatic rings. The molecule has 3 rings (SSSR count). The maximum atomic E-state index is 2.34. The fourth-order valence-electron chi connectivity index (χ4n) is 3.30. The number of allylic oxidation sites excluding steroid dienone is 4. The van der Waals surface area contributed by atoms with E-state index in [-0.39, 0.29) is 63.4 Å². The van der Waals surface area contributed by atoms with Crippen LogP contribution in [-0.2, 0) is 32.6 Å². The molecule has 0 amide bonds. The van der Waals surface area contributed by atoms with Gasteiger partial charge in [0, 0.05) is 0 Å². The third kappa shape index (κ3) is 4.26. The monoisotopic (exact) mass is 403 g/mol. The van der Waals surface area contributed by atoms with E-state index in [1.807, 2.05) is 0 Å². The Hall–Kier alpha value is 0.518. The molecule has 0 N–H and O–H groups in total. The van der Waals surface area contributed by atoms with Gasteiger partial charge in [0.15, 0.2) is 6.71 Å². The summed E-state index contributed by atoms with van der Waals surface area (Å²) >= 11 is 0. The molecule has 0 saturated carbocycles. The third-order valence-corrected chi connectivity index (χ3v) is 4.09. The minimum atomic E-state index is 0. The number of hydrogen-bond acceptors (Lipinski definition) is 0. The molecule has 1 heterocycles. The van der Waals surface area contributed by atoms with Gasteiger partial charge in [-0.1, -0.05) is 66.8 Å². The summed E-state index contributed by atoms with van der Waals surface area (Å²) in [7, 11) is 0. The van der Waals surface area contributed by atoms with E-state index in [0.717, 1.165) is 12.5 Å². The van der Waals surface area contributed by atoms with E-state index in [4.69, 9.17) is 0 Å². The smallest absolute Gasteiger partial charge is 1.00 e. The van der Waals surface area contributed by atoms with Gasteiger partial charge in [-0.05, 0) is 24.2 Å². The predicted molar refractivity (Wildman–Crippen MR) is 71.6 cm³/mol. The van der Waals surface area contributed by atoms with E-state index < -0.39 is 0 Å². The molecular weight excluding hydrogens is 389 g/mol. The van der Waals surface area contributed by atoms with E-state index in [1.165, 1.54) is 19.2 Å². The van der Waals surface area contributed by atoms with Crippen LogP contribution >= 0.6 is 0 Å². The maximum Gasteiger partial charge on any atom is 3.00 e. The van der Waals surface area contributed by atoms with Gasteiger partial charge < -0.3 is 37.2 Å². The van der Waals surface area contributed by atoms with Gasteiger partial charge >= 0.3 is 26.2 Å². The van der Waals surface area contributed by atoms with E-state index in [1.54, 1.807) is 16.6 Å². The molecule has 0 bridgehead atoms. The SMILES string of the molecule is CCB1c2ccccc2CC2=CC=CCC12.[Cl-].[Cl-].[Cl-].[Zr+3]. The van der Waals surface area contributed by atoms with Crippen molar-refractivity contribution in [3.05, 3.63) is 53.6 Å². The topological polar surface area (TPSA) is 0 Å². The Labute approximate surface area is 160 Å². The van der Waals surface area contributed by atoms with Crippen LogP contribution in [0, 0.1) is 0 Å². The van der Waals surface area contributed by atoms with Crippen molar-refractivity contribution < 1.29 is 63.4 Å². The van der Waals surface area contributed by atoms with Crippen molar-refractivity contribution >= 4 is 12.2 Å². The zero-order valence-electron chi connectivity index (χ0n) is 11.5. The van der Waals surface area contributed by atoms with Crippen molar-refractivity contribution in [3.8, 4) is 0 Å². The number of fused-ring (bicyclic) bond motifs is 2. The van der Waals surface area contributed by atoms with Gasteiger partial charge in [-0.25, -0.2) is 0 Å². The molecule has 1 aliphatic carbocycles. The average Bonchev–Trinajstić information content (AvgIpc) is 2.36. The maximum absolute atomic E-state index is 2.34. The zero-order chi connectivity index (χ0) is 11.0. The number of benzene rings is 1. The third-order valence-electron chi connectivity index (χ3n) is 4.09. The molecule has 0 spiro atoms. The first kappa shape index (κ1) is 22.8. The number of rotatable bonds is 1. The molecule has 1 atom stereocenters. The largest absolute Gasteiger partial charge is 3.00 e. The summed E-state index contributed by atoms with van der Waals surface area (Å²) in [6.45, 7) is 3.06. The number of halogens is 3. The first-order valence-corrected chi connectivity index (χ1v) is 6.33. The fourth-order valence-corrected chi connectivity index (χ4v) is 3.30. The first-order valence-electron chi connectivity index (χ1n) is 6.33. The van der Waals surface area contributed by atoms with Crippen LogP contribution in [0.25, 0.3) is 0 Å². The zero-order valence-corrected chi connectivity index (χ0v) is 16.2. The molecule has 5 heteroatoms. The van der Waals surface area contributed by atoms with Crippen LogP contribution in [0.2, 0.25) is 12.1 Å². The van der Waals surface area contributed by atoms with Gasteiger partial charge in [0.1, 0.15) is 0 Å². The Balaban J connectivity index is 0. The van der Waals surface area contributed by atoms with Crippen molar-refractivity contribution in [2.45, 2.75) is 31.9 Å². The van der Waals surface area contributed by atoms with E-state index >= 15 is 0 Å². The quantitative estimate of drug-likeness (QED) is 0.409. The molecule has 20 heavy (non-hydrogen) atoms. The van der Waals surface area contributed by atoms with Crippen LogP contribution in [-0.4, -0.2) is 6.71 Å². The van der Waals surface area contributed by atoms with Crippen LogP contribution in [0.4, 0.5) is 0 Å². The van der Waals surface area contributed by atoms with Gasteiger partial charge in [-0.2, -0.15) is 0 Å². The van der Waals surface area contributed by atoms with E-state index in [9.17, 15) is 0 Å². The van der Waals surface area contributed by atoms with E-state index in [2.05, 4.69) is 49.4 Å². The standard InChI is InChI=1S/C15H17B.3ClH.Zr/c1-2-16-14-9-5-3-7-12(14)11-13-8-4-6-10-15(13)16;;;;/h3-9,15H,2,10-11H2,1H3;3*1H;/q;;;;+3/p-3. The van der Waals surface area contributed by atoms with Gasteiger partial charge in [0.2, 0.25) is 0 Å². The van der Waals surface area contributed by atoms with Crippen molar-refractivity contribution in [2.75, 3.05) is 0 Å². The summed E-state index contributed by atoms with van der Waals surface area (Å²) in [4.78, 5) is 0. The molecule has 1 unspecified atom stereocenters. The van der Waals surface area contributed by atoms with Crippen molar-refractivity contribution in [1.82, 2.24) is 0 Å². The summed E-state index contributed by atoms with van der Waals surface area (Å²) in [5, 5.41) is 0. The summed E-state index contributed by atoms with van der Waals surface area (Å²) in [5.41, 5.74) is 4.79. The summed E-state index contributed by atoms with van der Waals surface area (Å²) in [6, 6.07) is 8.99. The van der Waals surface area contributed by atoms with Crippen molar-refractivity contribution in [1.29, 1.82) is 0 Å². The van der Waals surface area contributed by atoms with Crippen LogP contribution in [0.3, 0.4) is 0 Å². The second kappa shape index (κ2) is 10.3. The molecule has 0 nitrogen and oxygen atoms in total. The van der Waals surface area contributed by atoms with Crippen LogP contribution < -0.4 is 42.7 Å². The summed E-state index contributed by atoms with van der Waals surface area (Å²) < 4.78 is 0. The fraction of sp³-hybridized carbons (Fsp3) is 0.333. The first-order chi connectivity index (χ1) is 7.90. The molecule has 0 fully saturated rings. The van der Waals surface area contributed by atoms with Gasteiger partial charge in [-0.3, -0.25) is 0 Å². The van der Waals surface area contributed by atoms with E-state index in [0.29, 0.717) is 0 Å². The molecule has 0 aromatic heterocycles. The van der Waals surface area contributed by atoms with Crippen LogP contribution in [0.15, 0.2) is 48.1 Å². The normalized spacial score (nSPS) is 17.9. The van der Waals surface area contributed by atoms with Crippen molar-refractivity contribution in [2.24, 2.45) is 0 Å². The minimum Gasteiger partial charge on any atom is -1.00 e. The molecule has 1 aromatic carbocycles. The Morgan fingerprint density at radius 2 is 1.85 bits per heavy atom. The molecule has 1 radical (unpaired) electrons. The summed E-state index contributed by atoms with van der Waals surface area (Å²) in [6.07, 6.45) is 10.6. The molecular formula is C15H17BCl3Zr.